The molecule has 2 aromatic carbocycles. The molecule has 0 saturated heterocycles. The Balaban J connectivity index is 1.74. The molecule has 0 atom stereocenters. The second-order valence-electron chi connectivity index (χ2n) is 5.05. The lowest BCUT2D eigenvalue weighted by Gasteiger charge is -2.09. The number of hydrogen-bond acceptors (Lipinski definition) is 4. The summed E-state index contributed by atoms with van der Waals surface area (Å²) in [5.74, 6) is 1.65. The number of para-hydroxylation sites is 1. The van der Waals surface area contributed by atoms with Crippen LogP contribution in [0.1, 0.15) is 11.3 Å². The van der Waals surface area contributed by atoms with Crippen LogP contribution in [0.2, 0.25) is 0 Å². The van der Waals surface area contributed by atoms with Crippen LogP contribution in [0.5, 0.6) is 0 Å². The number of nitrogens with one attached hydrogen (secondary N) is 1. The molecule has 116 valence electrons. The number of benzene rings is 2. The van der Waals surface area contributed by atoms with Crippen molar-refractivity contribution in [2.45, 2.75) is 17.8 Å². The second-order valence-corrected chi connectivity index (χ2v) is 6.85. The maximum atomic E-state index is 4.60. The summed E-state index contributed by atoms with van der Waals surface area (Å²) >= 11 is 5.21. The van der Waals surface area contributed by atoms with Gasteiger partial charge in [-0.05, 0) is 30.7 Å². The first-order chi connectivity index (χ1) is 11.2. The zero-order chi connectivity index (χ0) is 16.1. The van der Waals surface area contributed by atoms with Crippen LogP contribution < -0.4 is 5.32 Å². The molecule has 3 nitrogen and oxygen atoms in total. The fraction of sp³-hybridized carbons (Fsp3) is 0.111. The van der Waals surface area contributed by atoms with Crippen molar-refractivity contribution < 1.29 is 0 Å². The molecule has 0 aliphatic rings. The van der Waals surface area contributed by atoms with Gasteiger partial charge in [0.2, 0.25) is 0 Å². The summed E-state index contributed by atoms with van der Waals surface area (Å²) in [6, 6.07) is 20.2. The first-order valence-electron chi connectivity index (χ1n) is 7.25. The number of rotatable bonds is 5. The van der Waals surface area contributed by atoms with E-state index in [4.69, 9.17) is 0 Å². The molecule has 1 N–H and O–H groups in total. The normalized spacial score (nSPS) is 10.5. The van der Waals surface area contributed by atoms with E-state index >= 15 is 0 Å². The van der Waals surface area contributed by atoms with Crippen LogP contribution in [0, 0.1) is 6.92 Å². The first-order valence-corrected chi connectivity index (χ1v) is 9.02. The lowest BCUT2D eigenvalue weighted by atomic mass is 10.2. The lowest BCUT2D eigenvalue weighted by Crippen LogP contribution is -1.98. The summed E-state index contributed by atoms with van der Waals surface area (Å²) in [5.41, 5.74) is 3.21. The number of thioether (sulfide) groups is 1. The van der Waals surface area contributed by atoms with E-state index in [1.807, 2.05) is 55.5 Å². The van der Waals surface area contributed by atoms with E-state index in [2.05, 4.69) is 43.3 Å². The Morgan fingerprint density at radius 2 is 1.74 bits per heavy atom. The number of halogens is 1. The van der Waals surface area contributed by atoms with Gasteiger partial charge in [0, 0.05) is 27.7 Å². The maximum Gasteiger partial charge on any atom is 0.190 e. The SMILES string of the molecule is Cc1cc(Nc2ccccc2)nc(SCc2ccccc2Br)n1. The molecule has 0 radical (unpaired) electrons. The van der Waals surface area contributed by atoms with Gasteiger partial charge in [0.05, 0.1) is 0 Å². The molecule has 0 spiro atoms. The Kier molecular flexibility index (Phi) is 5.31. The van der Waals surface area contributed by atoms with Crippen LogP contribution in [0.25, 0.3) is 0 Å². The monoisotopic (exact) mass is 385 g/mol. The van der Waals surface area contributed by atoms with Crippen molar-refractivity contribution in [2.24, 2.45) is 0 Å². The second kappa shape index (κ2) is 7.62. The minimum absolute atomic E-state index is 0.777. The van der Waals surface area contributed by atoms with Crippen LogP contribution in [-0.4, -0.2) is 9.97 Å². The highest BCUT2D eigenvalue weighted by Gasteiger charge is 2.06. The molecule has 0 amide bonds. The van der Waals surface area contributed by atoms with Gasteiger partial charge in [-0.3, -0.25) is 0 Å². The largest absolute Gasteiger partial charge is 0.340 e. The highest BCUT2D eigenvalue weighted by molar-refractivity contribution is 9.10. The molecule has 0 bridgehead atoms. The van der Waals surface area contributed by atoms with E-state index in [0.717, 1.165) is 32.6 Å². The maximum absolute atomic E-state index is 4.60. The number of aromatic nitrogens is 2. The Morgan fingerprint density at radius 1 is 1.00 bits per heavy atom. The lowest BCUT2D eigenvalue weighted by molar-refractivity contribution is 0.937. The van der Waals surface area contributed by atoms with E-state index in [1.165, 1.54) is 5.56 Å². The molecule has 23 heavy (non-hydrogen) atoms. The van der Waals surface area contributed by atoms with Crippen molar-refractivity contribution in [3.05, 3.63) is 76.4 Å². The summed E-state index contributed by atoms with van der Waals surface area (Å²) in [6.07, 6.45) is 0. The third-order valence-corrected chi connectivity index (χ3v) is 4.86. The highest BCUT2D eigenvalue weighted by Crippen LogP contribution is 2.26. The van der Waals surface area contributed by atoms with Crippen molar-refractivity contribution in [1.29, 1.82) is 0 Å². The molecule has 5 heteroatoms. The molecule has 3 aromatic rings. The number of anilines is 2. The smallest absolute Gasteiger partial charge is 0.190 e. The molecule has 1 heterocycles. The Labute approximate surface area is 148 Å². The predicted molar refractivity (Wildman–Crippen MR) is 100 cm³/mol. The summed E-state index contributed by atoms with van der Waals surface area (Å²) in [5, 5.41) is 4.10. The van der Waals surface area contributed by atoms with Gasteiger partial charge >= 0.3 is 0 Å². The van der Waals surface area contributed by atoms with Crippen LogP contribution in [0.4, 0.5) is 11.5 Å². The van der Waals surface area contributed by atoms with Gasteiger partial charge in [0.25, 0.3) is 0 Å². The Hall–Kier alpha value is -1.85. The number of nitrogens with zero attached hydrogens (tertiary/aromatic N) is 2. The van der Waals surface area contributed by atoms with Crippen molar-refractivity contribution in [2.75, 3.05) is 5.32 Å². The summed E-state index contributed by atoms with van der Waals surface area (Å²) < 4.78 is 1.11. The van der Waals surface area contributed by atoms with Crippen LogP contribution in [-0.2, 0) is 5.75 Å². The highest BCUT2D eigenvalue weighted by atomic mass is 79.9. The van der Waals surface area contributed by atoms with Gasteiger partial charge in [-0.15, -0.1) is 0 Å². The average molecular weight is 386 g/mol. The van der Waals surface area contributed by atoms with Crippen LogP contribution in [0.15, 0.2) is 70.3 Å². The van der Waals surface area contributed by atoms with E-state index in [1.54, 1.807) is 11.8 Å². The van der Waals surface area contributed by atoms with Crippen LogP contribution >= 0.6 is 27.7 Å². The van der Waals surface area contributed by atoms with Gasteiger partial charge in [-0.2, -0.15) is 0 Å². The van der Waals surface area contributed by atoms with E-state index < -0.39 is 0 Å². The molecular formula is C18H16BrN3S. The van der Waals surface area contributed by atoms with Crippen molar-refractivity contribution >= 4 is 39.2 Å². The zero-order valence-electron chi connectivity index (χ0n) is 12.7. The Morgan fingerprint density at radius 3 is 2.52 bits per heavy atom. The third kappa shape index (κ3) is 4.56. The van der Waals surface area contributed by atoms with Crippen molar-refractivity contribution in [3.8, 4) is 0 Å². The van der Waals surface area contributed by atoms with Gasteiger partial charge < -0.3 is 5.32 Å². The van der Waals surface area contributed by atoms with E-state index in [-0.39, 0.29) is 0 Å². The van der Waals surface area contributed by atoms with Gasteiger partial charge in [-0.25, -0.2) is 9.97 Å². The molecule has 0 aliphatic carbocycles. The Bertz CT molecular complexity index is 793. The van der Waals surface area contributed by atoms with Gasteiger partial charge in [-0.1, -0.05) is 64.1 Å². The average Bonchev–Trinajstić information content (AvgIpc) is 2.54. The molecule has 0 aliphatic heterocycles. The fourth-order valence-electron chi connectivity index (χ4n) is 2.10. The summed E-state index contributed by atoms with van der Waals surface area (Å²) in [7, 11) is 0. The van der Waals surface area contributed by atoms with E-state index in [9.17, 15) is 0 Å². The minimum atomic E-state index is 0.777. The minimum Gasteiger partial charge on any atom is -0.340 e. The predicted octanol–water partition coefficient (Wildman–Crippen LogP) is 5.58. The summed E-state index contributed by atoms with van der Waals surface area (Å²) in [4.78, 5) is 9.12. The molecule has 1 aromatic heterocycles. The fourth-order valence-corrected chi connectivity index (χ4v) is 3.62. The quantitative estimate of drug-likeness (QED) is 0.459. The van der Waals surface area contributed by atoms with Crippen molar-refractivity contribution in [3.63, 3.8) is 0 Å². The topological polar surface area (TPSA) is 37.8 Å². The molecule has 0 saturated carbocycles. The van der Waals surface area contributed by atoms with E-state index in [0.29, 0.717) is 0 Å². The molecular weight excluding hydrogens is 370 g/mol. The van der Waals surface area contributed by atoms with Gasteiger partial charge in [0.1, 0.15) is 5.82 Å². The van der Waals surface area contributed by atoms with Crippen LogP contribution in [0.3, 0.4) is 0 Å². The molecule has 0 unspecified atom stereocenters. The summed E-state index contributed by atoms with van der Waals surface area (Å²) in [6.45, 7) is 1.99. The number of hydrogen-bond donors (Lipinski definition) is 1. The first kappa shape index (κ1) is 16.0. The third-order valence-electron chi connectivity index (χ3n) is 3.19. The zero-order valence-corrected chi connectivity index (χ0v) is 15.1. The standard InChI is InChI=1S/C18H16BrN3S/c1-13-11-17(21-15-8-3-2-4-9-15)22-18(20-13)23-12-14-7-5-6-10-16(14)19/h2-11H,12H2,1H3,(H,20,21,22). The molecule has 3 rings (SSSR count). The van der Waals surface area contributed by atoms with Crippen molar-refractivity contribution in [1.82, 2.24) is 9.97 Å². The van der Waals surface area contributed by atoms with Gasteiger partial charge in [0.15, 0.2) is 5.16 Å². The molecule has 0 fully saturated rings. The number of aryl methyl sites for hydroxylation is 1.